The van der Waals surface area contributed by atoms with Gasteiger partial charge in [0.1, 0.15) is 19.0 Å². The van der Waals surface area contributed by atoms with Crippen molar-refractivity contribution in [2.24, 2.45) is 5.92 Å². The molecule has 1 rings (SSSR count). The molecule has 0 amide bonds. The van der Waals surface area contributed by atoms with Crippen molar-refractivity contribution >= 4 is 29.1 Å². The van der Waals surface area contributed by atoms with Gasteiger partial charge in [0.05, 0.1) is 6.10 Å². The van der Waals surface area contributed by atoms with Gasteiger partial charge in [0, 0.05) is 5.92 Å². The zero-order valence-electron chi connectivity index (χ0n) is 20.1. The van der Waals surface area contributed by atoms with Gasteiger partial charge in [0.2, 0.25) is 0 Å². The average Bonchev–Trinajstić information content (AvgIpc) is 3.00. The Morgan fingerprint density at radius 3 is 2.00 bits per heavy atom. The van der Waals surface area contributed by atoms with Crippen LogP contribution in [0.25, 0.3) is 0 Å². The predicted molar refractivity (Wildman–Crippen MR) is 120 cm³/mol. The molecule has 0 radical (unpaired) electrons. The molecule has 0 N–H and O–H groups in total. The number of ether oxygens (including phenoxy) is 2. The Morgan fingerprint density at radius 1 is 1.14 bits per heavy atom. The molecule has 8 heteroatoms. The van der Waals surface area contributed by atoms with E-state index in [9.17, 15) is 9.59 Å². The van der Waals surface area contributed by atoms with E-state index >= 15 is 0 Å². The standard InChI is InChI=1S/C21H42O6Si2/c1-11-29(12-2,13-3)26-17(16(4)14-22)18(21(8)15-24-19(23)25-21)27-28(9,10)20(5,6)7/h14,16-18H,11-13,15H2,1-10H3/t16-,17+,18-,21-/m0/s1. The van der Waals surface area contributed by atoms with E-state index in [1.807, 2.05) is 13.8 Å². The summed E-state index contributed by atoms with van der Waals surface area (Å²) in [6, 6.07) is 2.88. The van der Waals surface area contributed by atoms with Gasteiger partial charge in [0.15, 0.2) is 22.2 Å². The summed E-state index contributed by atoms with van der Waals surface area (Å²) in [5.41, 5.74) is -0.996. The second kappa shape index (κ2) is 9.62. The van der Waals surface area contributed by atoms with Gasteiger partial charge in [-0.25, -0.2) is 4.79 Å². The number of cyclic esters (lactones) is 2. The van der Waals surface area contributed by atoms with E-state index in [0.717, 1.165) is 24.4 Å². The molecule has 0 aliphatic carbocycles. The molecular formula is C21H42O6Si2. The molecule has 1 fully saturated rings. The highest BCUT2D eigenvalue weighted by Crippen LogP contribution is 2.42. The molecule has 0 aromatic rings. The monoisotopic (exact) mass is 446 g/mol. The summed E-state index contributed by atoms with van der Waals surface area (Å²) in [4.78, 5) is 23.8. The Balaban J connectivity index is 3.47. The Morgan fingerprint density at radius 2 is 1.66 bits per heavy atom. The molecule has 1 heterocycles. The second-order valence-corrected chi connectivity index (χ2v) is 19.6. The molecule has 0 unspecified atom stereocenters. The first-order chi connectivity index (χ1) is 13.2. The average molecular weight is 447 g/mol. The Labute approximate surface area is 179 Å². The zero-order valence-corrected chi connectivity index (χ0v) is 22.1. The normalized spacial score (nSPS) is 23.9. The van der Waals surface area contributed by atoms with Gasteiger partial charge in [-0.15, -0.1) is 0 Å². The third-order valence-electron chi connectivity index (χ3n) is 6.97. The van der Waals surface area contributed by atoms with Crippen LogP contribution in [0.15, 0.2) is 0 Å². The third kappa shape index (κ3) is 5.92. The first-order valence-electron chi connectivity index (χ1n) is 10.9. The summed E-state index contributed by atoms with van der Waals surface area (Å²) >= 11 is 0. The molecule has 0 aromatic carbocycles. The van der Waals surface area contributed by atoms with Crippen LogP contribution in [0.1, 0.15) is 55.4 Å². The van der Waals surface area contributed by atoms with E-state index in [4.69, 9.17) is 18.3 Å². The van der Waals surface area contributed by atoms with Crippen LogP contribution < -0.4 is 0 Å². The van der Waals surface area contributed by atoms with Crippen LogP contribution in [0.3, 0.4) is 0 Å². The van der Waals surface area contributed by atoms with Crippen molar-refractivity contribution in [3.05, 3.63) is 0 Å². The fourth-order valence-electron chi connectivity index (χ4n) is 3.44. The van der Waals surface area contributed by atoms with E-state index in [0.29, 0.717) is 0 Å². The van der Waals surface area contributed by atoms with Crippen molar-refractivity contribution in [1.82, 2.24) is 0 Å². The largest absolute Gasteiger partial charge is 0.509 e. The minimum atomic E-state index is -2.26. The summed E-state index contributed by atoms with van der Waals surface area (Å²) < 4.78 is 24.4. The number of aldehydes is 1. The molecule has 0 spiro atoms. The molecule has 4 atom stereocenters. The lowest BCUT2D eigenvalue weighted by molar-refractivity contribution is -0.125. The fourth-order valence-corrected chi connectivity index (χ4v) is 7.72. The van der Waals surface area contributed by atoms with Crippen LogP contribution in [-0.4, -0.2) is 53.5 Å². The van der Waals surface area contributed by atoms with Crippen molar-refractivity contribution in [2.45, 2.75) is 109 Å². The number of carbonyl (C=O) groups is 2. The predicted octanol–water partition coefficient (Wildman–Crippen LogP) is 5.53. The Bertz CT molecular complexity index is 562. The van der Waals surface area contributed by atoms with Crippen LogP contribution in [0.2, 0.25) is 36.3 Å². The van der Waals surface area contributed by atoms with Crippen LogP contribution in [0.4, 0.5) is 4.79 Å². The molecular weight excluding hydrogens is 404 g/mol. The molecule has 0 saturated carbocycles. The number of hydrogen-bond donors (Lipinski definition) is 0. The smallest absolute Gasteiger partial charge is 0.430 e. The molecule has 0 aromatic heterocycles. The number of hydrogen-bond acceptors (Lipinski definition) is 6. The minimum Gasteiger partial charge on any atom is -0.430 e. The van der Waals surface area contributed by atoms with Gasteiger partial charge < -0.3 is 23.1 Å². The van der Waals surface area contributed by atoms with E-state index in [2.05, 4.69) is 54.6 Å². The number of rotatable bonds is 11. The highest BCUT2D eigenvalue weighted by molar-refractivity contribution is 6.74. The van der Waals surface area contributed by atoms with Crippen molar-refractivity contribution in [2.75, 3.05) is 6.61 Å². The summed E-state index contributed by atoms with van der Waals surface area (Å²) in [6.07, 6.45) is -0.841. The Kier molecular flexibility index (Phi) is 8.73. The first kappa shape index (κ1) is 26.3. The van der Waals surface area contributed by atoms with E-state index < -0.39 is 46.5 Å². The van der Waals surface area contributed by atoms with E-state index in [-0.39, 0.29) is 11.6 Å². The SMILES string of the molecule is CC[Si](CC)(CC)O[C@H]([C@@H](C)C=O)[C@H](O[Si](C)(C)C(C)(C)C)[C@]1(C)COC(=O)O1. The molecule has 29 heavy (non-hydrogen) atoms. The van der Waals surface area contributed by atoms with Gasteiger partial charge in [-0.1, -0.05) is 48.5 Å². The lowest BCUT2D eigenvalue weighted by Gasteiger charge is -2.47. The minimum absolute atomic E-state index is 0.0468. The van der Waals surface area contributed by atoms with Crippen LogP contribution in [0.5, 0.6) is 0 Å². The summed E-state index contributed by atoms with van der Waals surface area (Å²) in [5, 5.41) is -0.0468. The molecule has 170 valence electrons. The summed E-state index contributed by atoms with van der Waals surface area (Å²) in [7, 11) is -4.31. The fraction of sp³-hybridized carbons (Fsp3) is 0.905. The highest BCUT2D eigenvalue weighted by atomic mass is 28.4. The molecule has 1 saturated heterocycles. The third-order valence-corrected chi connectivity index (χ3v) is 16.1. The second-order valence-electron chi connectivity index (χ2n) is 10.1. The van der Waals surface area contributed by atoms with Crippen LogP contribution >= 0.6 is 0 Å². The quantitative estimate of drug-likeness (QED) is 0.236. The van der Waals surface area contributed by atoms with Crippen molar-refractivity contribution in [1.29, 1.82) is 0 Å². The van der Waals surface area contributed by atoms with Crippen molar-refractivity contribution in [3.8, 4) is 0 Å². The van der Waals surface area contributed by atoms with E-state index in [1.165, 1.54) is 0 Å². The maximum absolute atomic E-state index is 11.9. The topological polar surface area (TPSA) is 71.1 Å². The summed E-state index contributed by atoms with van der Waals surface area (Å²) in [5.74, 6) is -0.391. The maximum Gasteiger partial charge on any atom is 0.509 e. The Hall–Kier alpha value is -0.706. The van der Waals surface area contributed by atoms with Crippen LogP contribution in [-0.2, 0) is 23.1 Å². The first-order valence-corrected chi connectivity index (χ1v) is 16.3. The molecule has 0 bridgehead atoms. The van der Waals surface area contributed by atoms with Gasteiger partial charge in [-0.3, -0.25) is 0 Å². The van der Waals surface area contributed by atoms with Crippen molar-refractivity contribution < 1.29 is 27.9 Å². The lowest BCUT2D eigenvalue weighted by Crippen LogP contribution is -2.61. The molecule has 6 nitrogen and oxygen atoms in total. The van der Waals surface area contributed by atoms with E-state index in [1.54, 1.807) is 0 Å². The van der Waals surface area contributed by atoms with Gasteiger partial charge in [-0.2, -0.15) is 0 Å². The highest BCUT2D eigenvalue weighted by Gasteiger charge is 2.55. The number of carbonyl (C=O) groups excluding carboxylic acids is 2. The van der Waals surface area contributed by atoms with Gasteiger partial charge >= 0.3 is 6.16 Å². The molecule has 1 aliphatic heterocycles. The van der Waals surface area contributed by atoms with Gasteiger partial charge in [-0.05, 0) is 43.2 Å². The lowest BCUT2D eigenvalue weighted by atomic mass is 9.89. The maximum atomic E-state index is 11.9. The van der Waals surface area contributed by atoms with Gasteiger partial charge in [0.25, 0.3) is 0 Å². The molecule has 1 aliphatic rings. The van der Waals surface area contributed by atoms with Crippen LogP contribution in [0, 0.1) is 5.92 Å². The zero-order chi connectivity index (χ0) is 22.7. The summed E-state index contributed by atoms with van der Waals surface area (Å²) in [6.45, 7) is 21.1. The van der Waals surface area contributed by atoms with Crippen molar-refractivity contribution in [3.63, 3.8) is 0 Å².